The van der Waals surface area contributed by atoms with Gasteiger partial charge in [-0.05, 0) is 30.7 Å². The molecule has 0 fully saturated rings. The van der Waals surface area contributed by atoms with Crippen LogP contribution in [0.1, 0.15) is 5.56 Å². The number of nitro benzene ring substituents is 1. The Morgan fingerprint density at radius 2 is 2.00 bits per heavy atom. The predicted molar refractivity (Wildman–Crippen MR) is 72.8 cm³/mol. The molecular weight excluding hydrogens is 301 g/mol. The number of benzene rings is 1. The molecule has 2 aromatic rings. The van der Waals surface area contributed by atoms with Gasteiger partial charge in [0.25, 0.3) is 15.7 Å². The Morgan fingerprint density at radius 3 is 2.52 bits per heavy atom. The van der Waals surface area contributed by atoms with Crippen LogP contribution in [0.25, 0.3) is 0 Å². The lowest BCUT2D eigenvalue weighted by molar-refractivity contribution is -0.385. The van der Waals surface area contributed by atoms with Gasteiger partial charge in [0.15, 0.2) is 0 Å². The Bertz CT molecular complexity index is 791. The largest absolute Gasteiger partial charge is 0.269 e. The number of nitro groups is 1. The smallest absolute Gasteiger partial charge is 0.263 e. The first kappa shape index (κ1) is 14.9. The van der Waals surface area contributed by atoms with Gasteiger partial charge in [-0.15, -0.1) is 0 Å². The van der Waals surface area contributed by atoms with E-state index in [2.05, 4.69) is 9.71 Å². The summed E-state index contributed by atoms with van der Waals surface area (Å²) >= 11 is 0. The average molecular weight is 311 g/mol. The summed E-state index contributed by atoms with van der Waals surface area (Å²) in [5, 5.41) is 10.6. The predicted octanol–water partition coefficient (Wildman–Crippen LogP) is 2.24. The van der Waals surface area contributed by atoms with Gasteiger partial charge in [0.1, 0.15) is 11.6 Å². The number of sulfonamides is 1. The molecule has 1 heterocycles. The monoisotopic (exact) mass is 311 g/mol. The van der Waals surface area contributed by atoms with Crippen molar-refractivity contribution in [1.29, 1.82) is 0 Å². The lowest BCUT2D eigenvalue weighted by Crippen LogP contribution is -2.15. The molecule has 7 nitrogen and oxygen atoms in total. The molecule has 0 saturated heterocycles. The van der Waals surface area contributed by atoms with Crippen LogP contribution in [0, 0.1) is 22.9 Å². The third-order valence-electron chi connectivity index (χ3n) is 2.63. The molecular formula is C12H10FN3O4S. The number of hydrogen-bond acceptors (Lipinski definition) is 5. The van der Waals surface area contributed by atoms with Crippen LogP contribution in [-0.4, -0.2) is 18.3 Å². The van der Waals surface area contributed by atoms with Crippen molar-refractivity contribution in [3.05, 3.63) is 58.0 Å². The zero-order valence-corrected chi connectivity index (χ0v) is 11.6. The second kappa shape index (κ2) is 5.44. The van der Waals surface area contributed by atoms with Crippen molar-refractivity contribution >= 4 is 21.5 Å². The minimum atomic E-state index is -3.96. The highest BCUT2D eigenvalue weighted by Gasteiger charge is 2.19. The van der Waals surface area contributed by atoms with Crippen LogP contribution in [0.3, 0.4) is 0 Å². The van der Waals surface area contributed by atoms with Crippen LogP contribution in [-0.2, 0) is 10.0 Å². The average Bonchev–Trinajstić information content (AvgIpc) is 2.40. The standard InChI is InChI=1S/C12H10FN3O4S/c1-8-6-10(16(17)18)3-4-11(8)21(19,20)15-12-5-2-9(13)7-14-12/h2-7H,1H3,(H,14,15). The van der Waals surface area contributed by atoms with E-state index in [0.29, 0.717) is 0 Å². The molecule has 1 aromatic heterocycles. The SMILES string of the molecule is Cc1cc([N+](=O)[O-])ccc1S(=O)(=O)Nc1ccc(F)cn1. The molecule has 0 radical (unpaired) electrons. The van der Waals surface area contributed by atoms with E-state index in [-0.39, 0.29) is 22.0 Å². The van der Waals surface area contributed by atoms with E-state index >= 15 is 0 Å². The van der Waals surface area contributed by atoms with Crippen LogP contribution >= 0.6 is 0 Å². The number of rotatable bonds is 4. The fourth-order valence-corrected chi connectivity index (χ4v) is 2.91. The fourth-order valence-electron chi connectivity index (χ4n) is 1.68. The lowest BCUT2D eigenvalue weighted by Gasteiger charge is -2.09. The van der Waals surface area contributed by atoms with Gasteiger partial charge in [-0.25, -0.2) is 17.8 Å². The van der Waals surface area contributed by atoms with Gasteiger partial charge >= 0.3 is 0 Å². The molecule has 21 heavy (non-hydrogen) atoms. The number of non-ortho nitro benzene ring substituents is 1. The van der Waals surface area contributed by atoms with Crippen LogP contribution in [0.2, 0.25) is 0 Å². The molecule has 110 valence electrons. The summed E-state index contributed by atoms with van der Waals surface area (Å²) in [6, 6.07) is 5.63. The van der Waals surface area contributed by atoms with E-state index in [1.807, 2.05) is 0 Å². The normalized spacial score (nSPS) is 11.1. The molecule has 2 rings (SSSR count). The van der Waals surface area contributed by atoms with E-state index in [9.17, 15) is 22.9 Å². The first-order valence-electron chi connectivity index (χ1n) is 5.69. The Morgan fingerprint density at radius 1 is 1.29 bits per heavy atom. The summed E-state index contributed by atoms with van der Waals surface area (Å²) in [5.41, 5.74) is 0.0187. The molecule has 0 unspecified atom stereocenters. The van der Waals surface area contributed by atoms with Gasteiger partial charge in [-0.3, -0.25) is 14.8 Å². The molecule has 1 aromatic carbocycles. The number of halogens is 1. The van der Waals surface area contributed by atoms with Crippen molar-refractivity contribution in [2.24, 2.45) is 0 Å². The van der Waals surface area contributed by atoms with Crippen molar-refractivity contribution in [2.75, 3.05) is 4.72 Å². The summed E-state index contributed by atoms with van der Waals surface area (Å²) in [4.78, 5) is 13.5. The summed E-state index contributed by atoms with van der Waals surface area (Å²) in [6.45, 7) is 1.44. The van der Waals surface area contributed by atoms with E-state index in [0.717, 1.165) is 30.5 Å². The number of aromatic nitrogens is 1. The van der Waals surface area contributed by atoms with Crippen molar-refractivity contribution < 1.29 is 17.7 Å². The minimum Gasteiger partial charge on any atom is -0.263 e. The Labute approximate surface area is 119 Å². The summed E-state index contributed by atoms with van der Waals surface area (Å²) in [7, 11) is -3.96. The van der Waals surface area contributed by atoms with Gasteiger partial charge in [-0.1, -0.05) is 0 Å². The zero-order chi connectivity index (χ0) is 15.6. The highest BCUT2D eigenvalue weighted by Crippen LogP contribution is 2.22. The highest BCUT2D eigenvalue weighted by molar-refractivity contribution is 7.92. The van der Waals surface area contributed by atoms with Crippen molar-refractivity contribution in [2.45, 2.75) is 11.8 Å². The van der Waals surface area contributed by atoms with Crippen molar-refractivity contribution in [1.82, 2.24) is 4.98 Å². The van der Waals surface area contributed by atoms with Crippen molar-refractivity contribution in [3.63, 3.8) is 0 Å². The first-order chi connectivity index (χ1) is 9.79. The van der Waals surface area contributed by atoms with Gasteiger partial charge in [-0.2, -0.15) is 0 Å². The minimum absolute atomic E-state index is 0.0471. The Balaban J connectivity index is 2.35. The number of nitrogens with zero attached hydrogens (tertiary/aromatic N) is 2. The number of nitrogens with one attached hydrogen (secondary N) is 1. The molecule has 0 amide bonds. The Kier molecular flexibility index (Phi) is 3.85. The maximum atomic E-state index is 12.7. The quantitative estimate of drug-likeness (QED) is 0.689. The topological polar surface area (TPSA) is 102 Å². The maximum Gasteiger partial charge on any atom is 0.269 e. The van der Waals surface area contributed by atoms with Crippen LogP contribution < -0.4 is 4.72 Å². The van der Waals surface area contributed by atoms with Gasteiger partial charge in [0.2, 0.25) is 0 Å². The molecule has 0 atom stereocenters. The van der Waals surface area contributed by atoms with E-state index in [4.69, 9.17) is 0 Å². The van der Waals surface area contributed by atoms with Gasteiger partial charge in [0, 0.05) is 12.1 Å². The summed E-state index contributed by atoms with van der Waals surface area (Å²) < 4.78 is 39.2. The van der Waals surface area contributed by atoms with E-state index < -0.39 is 20.8 Å². The molecule has 0 aliphatic heterocycles. The van der Waals surface area contributed by atoms with Gasteiger partial charge in [0.05, 0.1) is 16.0 Å². The molecule has 0 bridgehead atoms. The number of aryl methyl sites for hydroxylation is 1. The molecule has 0 aliphatic rings. The molecule has 0 aliphatic carbocycles. The Hall–Kier alpha value is -2.55. The van der Waals surface area contributed by atoms with Crippen LogP contribution in [0.5, 0.6) is 0 Å². The lowest BCUT2D eigenvalue weighted by atomic mass is 10.2. The van der Waals surface area contributed by atoms with Crippen molar-refractivity contribution in [3.8, 4) is 0 Å². The van der Waals surface area contributed by atoms with Crippen LogP contribution in [0.4, 0.5) is 15.9 Å². The third-order valence-corrected chi connectivity index (χ3v) is 4.14. The molecule has 0 saturated carbocycles. The number of anilines is 1. The number of pyridine rings is 1. The number of hydrogen-bond donors (Lipinski definition) is 1. The summed E-state index contributed by atoms with van der Waals surface area (Å²) in [5.74, 6) is -0.640. The zero-order valence-electron chi connectivity index (χ0n) is 10.8. The second-order valence-corrected chi connectivity index (χ2v) is 5.82. The first-order valence-corrected chi connectivity index (χ1v) is 7.17. The fraction of sp³-hybridized carbons (Fsp3) is 0.0833. The molecule has 9 heteroatoms. The second-order valence-electron chi connectivity index (χ2n) is 4.17. The van der Waals surface area contributed by atoms with Crippen LogP contribution in [0.15, 0.2) is 41.4 Å². The maximum absolute atomic E-state index is 12.7. The van der Waals surface area contributed by atoms with E-state index in [1.165, 1.54) is 13.0 Å². The van der Waals surface area contributed by atoms with E-state index in [1.54, 1.807) is 0 Å². The molecule has 0 spiro atoms. The van der Waals surface area contributed by atoms with Gasteiger partial charge < -0.3 is 0 Å². The molecule has 1 N–H and O–H groups in total. The summed E-state index contributed by atoms with van der Waals surface area (Å²) in [6.07, 6.45) is 0.876. The highest BCUT2D eigenvalue weighted by atomic mass is 32.2. The third kappa shape index (κ3) is 3.31.